The predicted molar refractivity (Wildman–Crippen MR) is 113 cm³/mol. The number of hydrogen-bond acceptors (Lipinski definition) is 4. The first-order valence-corrected chi connectivity index (χ1v) is 9.30. The molecule has 3 N–H and O–H groups in total. The van der Waals surface area contributed by atoms with Crippen molar-refractivity contribution in [2.24, 2.45) is 0 Å². The molecule has 0 fully saturated rings. The number of ether oxygens (including phenoxy) is 1. The lowest BCUT2D eigenvalue weighted by Crippen LogP contribution is -2.31. The molecule has 1 unspecified atom stereocenters. The SMILES string of the molecule is C=CCOc1cccc(NC(=O)CNc2cccc(C(=O)NC(C)CC)c2)c1. The molecule has 0 saturated carbocycles. The second-order valence-electron chi connectivity index (χ2n) is 6.39. The predicted octanol–water partition coefficient (Wildman–Crippen LogP) is 3.83. The van der Waals surface area contributed by atoms with Crippen LogP contribution in [0.3, 0.4) is 0 Å². The van der Waals surface area contributed by atoms with Crippen molar-refractivity contribution in [3.63, 3.8) is 0 Å². The fourth-order valence-corrected chi connectivity index (χ4v) is 2.39. The van der Waals surface area contributed by atoms with E-state index in [1.54, 1.807) is 42.5 Å². The van der Waals surface area contributed by atoms with E-state index >= 15 is 0 Å². The van der Waals surface area contributed by atoms with Crippen LogP contribution in [0.5, 0.6) is 5.75 Å². The van der Waals surface area contributed by atoms with Gasteiger partial charge in [-0.25, -0.2) is 0 Å². The smallest absolute Gasteiger partial charge is 0.251 e. The molecule has 1 atom stereocenters. The molecular weight excluding hydrogens is 354 g/mol. The maximum atomic E-state index is 12.2. The minimum Gasteiger partial charge on any atom is -0.489 e. The second-order valence-corrected chi connectivity index (χ2v) is 6.39. The number of rotatable bonds is 10. The van der Waals surface area contributed by atoms with Crippen LogP contribution in [0.1, 0.15) is 30.6 Å². The maximum Gasteiger partial charge on any atom is 0.251 e. The Morgan fingerprint density at radius 1 is 1.14 bits per heavy atom. The van der Waals surface area contributed by atoms with E-state index in [9.17, 15) is 9.59 Å². The van der Waals surface area contributed by atoms with Crippen molar-refractivity contribution in [3.8, 4) is 5.75 Å². The zero-order chi connectivity index (χ0) is 20.4. The Morgan fingerprint density at radius 2 is 1.89 bits per heavy atom. The van der Waals surface area contributed by atoms with Crippen LogP contribution in [0.4, 0.5) is 11.4 Å². The molecule has 28 heavy (non-hydrogen) atoms. The summed E-state index contributed by atoms with van der Waals surface area (Å²) in [7, 11) is 0. The molecule has 0 aliphatic carbocycles. The van der Waals surface area contributed by atoms with Crippen LogP contribution in [0.15, 0.2) is 61.2 Å². The lowest BCUT2D eigenvalue weighted by molar-refractivity contribution is -0.114. The summed E-state index contributed by atoms with van der Waals surface area (Å²) in [5.74, 6) is 0.333. The molecule has 6 nitrogen and oxygen atoms in total. The number of benzene rings is 2. The molecule has 0 aliphatic rings. The second kappa shape index (κ2) is 10.8. The average Bonchev–Trinajstić information content (AvgIpc) is 2.71. The Hall–Kier alpha value is -3.28. The summed E-state index contributed by atoms with van der Waals surface area (Å²) in [5.41, 5.74) is 1.91. The van der Waals surface area contributed by atoms with E-state index in [0.717, 1.165) is 6.42 Å². The number of carbonyl (C=O) groups excluding carboxylic acids is 2. The highest BCUT2D eigenvalue weighted by Gasteiger charge is 2.09. The summed E-state index contributed by atoms with van der Waals surface area (Å²) in [6, 6.07) is 14.4. The van der Waals surface area contributed by atoms with Gasteiger partial charge in [0.05, 0.1) is 6.54 Å². The first-order chi connectivity index (χ1) is 13.5. The minimum atomic E-state index is -0.199. The van der Waals surface area contributed by atoms with Gasteiger partial charge in [-0.3, -0.25) is 9.59 Å². The van der Waals surface area contributed by atoms with E-state index in [1.165, 1.54) is 0 Å². The quantitative estimate of drug-likeness (QED) is 0.547. The van der Waals surface area contributed by atoms with Gasteiger partial charge in [0.2, 0.25) is 5.91 Å². The largest absolute Gasteiger partial charge is 0.489 e. The summed E-state index contributed by atoms with van der Waals surface area (Å²) in [6.45, 7) is 8.06. The van der Waals surface area contributed by atoms with Gasteiger partial charge >= 0.3 is 0 Å². The van der Waals surface area contributed by atoms with Crippen LogP contribution in [-0.2, 0) is 4.79 Å². The van der Waals surface area contributed by atoms with Gasteiger partial charge < -0.3 is 20.7 Å². The van der Waals surface area contributed by atoms with Gasteiger partial charge in [-0.2, -0.15) is 0 Å². The van der Waals surface area contributed by atoms with Gasteiger partial charge in [0.25, 0.3) is 5.91 Å². The molecule has 0 spiro atoms. The Kier molecular flexibility index (Phi) is 8.09. The Labute approximate surface area is 166 Å². The molecule has 0 radical (unpaired) electrons. The van der Waals surface area contributed by atoms with E-state index in [-0.39, 0.29) is 24.4 Å². The highest BCUT2D eigenvalue weighted by molar-refractivity contribution is 5.96. The fraction of sp³-hybridized carbons (Fsp3) is 0.273. The Balaban J connectivity index is 1.90. The molecule has 0 bridgehead atoms. The van der Waals surface area contributed by atoms with Crippen LogP contribution in [-0.4, -0.2) is 31.0 Å². The van der Waals surface area contributed by atoms with Crippen LogP contribution < -0.4 is 20.7 Å². The van der Waals surface area contributed by atoms with Crippen molar-refractivity contribution >= 4 is 23.2 Å². The van der Waals surface area contributed by atoms with Gasteiger partial charge in [0.15, 0.2) is 0 Å². The van der Waals surface area contributed by atoms with Crippen LogP contribution in [0.2, 0.25) is 0 Å². The van der Waals surface area contributed by atoms with Crippen LogP contribution in [0.25, 0.3) is 0 Å². The minimum absolute atomic E-state index is 0.0776. The molecule has 0 aromatic heterocycles. The molecule has 2 aromatic carbocycles. The zero-order valence-corrected chi connectivity index (χ0v) is 16.3. The van der Waals surface area contributed by atoms with Crippen molar-refractivity contribution < 1.29 is 14.3 Å². The Morgan fingerprint density at radius 3 is 2.64 bits per heavy atom. The van der Waals surface area contributed by atoms with E-state index in [2.05, 4.69) is 22.5 Å². The van der Waals surface area contributed by atoms with Crippen LogP contribution in [0, 0.1) is 0 Å². The fourth-order valence-electron chi connectivity index (χ4n) is 2.39. The van der Waals surface area contributed by atoms with Crippen LogP contribution >= 0.6 is 0 Å². The number of anilines is 2. The Bertz CT molecular complexity index is 820. The van der Waals surface area contributed by atoms with Gasteiger partial charge in [0.1, 0.15) is 12.4 Å². The first-order valence-electron chi connectivity index (χ1n) is 9.30. The number of nitrogens with one attached hydrogen (secondary N) is 3. The first kappa shape index (κ1) is 21.0. The lowest BCUT2D eigenvalue weighted by atomic mass is 10.1. The number of hydrogen-bond donors (Lipinski definition) is 3. The summed E-state index contributed by atoms with van der Waals surface area (Å²) in [4.78, 5) is 24.4. The van der Waals surface area contributed by atoms with Crippen molar-refractivity contribution in [2.45, 2.75) is 26.3 Å². The van der Waals surface area contributed by atoms with Gasteiger partial charge in [-0.1, -0.05) is 31.7 Å². The summed E-state index contributed by atoms with van der Waals surface area (Å²) in [5, 5.41) is 8.78. The van der Waals surface area contributed by atoms with Crippen molar-refractivity contribution in [1.82, 2.24) is 5.32 Å². The molecular formula is C22H27N3O3. The average molecular weight is 381 g/mol. The monoisotopic (exact) mass is 381 g/mol. The van der Waals surface area contributed by atoms with E-state index in [1.807, 2.05) is 26.0 Å². The van der Waals surface area contributed by atoms with Crippen molar-refractivity contribution in [1.29, 1.82) is 0 Å². The third kappa shape index (κ3) is 6.79. The molecule has 0 aliphatic heterocycles. The maximum absolute atomic E-state index is 12.2. The molecule has 148 valence electrons. The topological polar surface area (TPSA) is 79.5 Å². The van der Waals surface area contributed by atoms with E-state index < -0.39 is 0 Å². The summed E-state index contributed by atoms with van der Waals surface area (Å²) in [6.07, 6.45) is 2.52. The lowest BCUT2D eigenvalue weighted by Gasteiger charge is -2.13. The third-order valence-electron chi connectivity index (χ3n) is 4.05. The summed E-state index contributed by atoms with van der Waals surface area (Å²) < 4.78 is 5.45. The number of carbonyl (C=O) groups is 2. The van der Waals surface area contributed by atoms with Gasteiger partial charge in [-0.15, -0.1) is 0 Å². The van der Waals surface area contributed by atoms with Crippen molar-refractivity contribution in [3.05, 3.63) is 66.7 Å². The van der Waals surface area contributed by atoms with Gasteiger partial charge in [0, 0.05) is 29.0 Å². The normalized spacial score (nSPS) is 11.2. The third-order valence-corrected chi connectivity index (χ3v) is 4.05. The molecule has 6 heteroatoms. The molecule has 2 aromatic rings. The zero-order valence-electron chi connectivity index (χ0n) is 16.3. The van der Waals surface area contributed by atoms with Gasteiger partial charge in [-0.05, 0) is 43.7 Å². The molecule has 2 amide bonds. The van der Waals surface area contributed by atoms with E-state index in [4.69, 9.17) is 4.74 Å². The highest BCUT2D eigenvalue weighted by atomic mass is 16.5. The van der Waals surface area contributed by atoms with E-state index in [0.29, 0.717) is 29.3 Å². The summed E-state index contributed by atoms with van der Waals surface area (Å²) >= 11 is 0. The highest BCUT2D eigenvalue weighted by Crippen LogP contribution is 2.17. The van der Waals surface area contributed by atoms with Crippen molar-refractivity contribution in [2.75, 3.05) is 23.8 Å². The molecule has 0 heterocycles. The molecule has 2 rings (SSSR count). The number of amides is 2. The molecule has 0 saturated heterocycles. The standard InChI is InChI=1S/C22H27N3O3/c1-4-12-28-20-11-7-10-19(14-20)25-21(26)15-23-18-9-6-8-17(13-18)22(27)24-16(3)5-2/h4,6-11,13-14,16,23H,1,5,12,15H2,2-3H3,(H,24,27)(H,25,26).